The topological polar surface area (TPSA) is 80.9 Å². The van der Waals surface area contributed by atoms with Gasteiger partial charge in [-0.15, -0.1) is 24.0 Å². The Bertz CT molecular complexity index is 712. The molecule has 0 bridgehead atoms. The van der Waals surface area contributed by atoms with Gasteiger partial charge in [0.15, 0.2) is 17.5 Å². The normalized spacial score (nSPS) is 10.9. The molecule has 0 amide bonds. The zero-order valence-corrected chi connectivity index (χ0v) is 18.2. The first-order valence-electron chi connectivity index (χ1n) is 8.24. The average molecular weight is 474 g/mol. The van der Waals surface area contributed by atoms with Crippen LogP contribution >= 0.6 is 24.0 Å². The first kappa shape index (κ1) is 22.1. The van der Waals surface area contributed by atoms with Crippen LogP contribution in [0.15, 0.2) is 27.6 Å². The van der Waals surface area contributed by atoms with E-state index in [2.05, 4.69) is 20.6 Å². The second-order valence-electron chi connectivity index (χ2n) is 5.45. The third-order valence-corrected chi connectivity index (χ3v) is 3.69. The summed E-state index contributed by atoms with van der Waals surface area (Å²) < 4.78 is 16.5. The lowest BCUT2D eigenvalue weighted by Gasteiger charge is -2.13. The molecule has 0 unspecified atom stereocenters. The van der Waals surface area contributed by atoms with Crippen molar-refractivity contribution in [2.75, 3.05) is 20.8 Å². The van der Waals surface area contributed by atoms with Crippen molar-refractivity contribution in [3.05, 3.63) is 41.1 Å². The van der Waals surface area contributed by atoms with Gasteiger partial charge in [0.05, 0.1) is 26.0 Å². The quantitative estimate of drug-likeness (QED) is 0.365. The van der Waals surface area contributed by atoms with Crippen LogP contribution in [0.1, 0.15) is 29.8 Å². The number of guanidine groups is 1. The minimum absolute atomic E-state index is 0. The van der Waals surface area contributed by atoms with E-state index in [1.54, 1.807) is 14.2 Å². The fraction of sp³-hybridized carbons (Fsp3) is 0.444. The third-order valence-electron chi connectivity index (χ3n) is 3.69. The number of aryl methyl sites for hydroxylation is 2. The molecule has 2 aromatic rings. The van der Waals surface area contributed by atoms with Crippen molar-refractivity contribution in [1.82, 2.24) is 15.6 Å². The largest absolute Gasteiger partial charge is 0.493 e. The van der Waals surface area contributed by atoms with Gasteiger partial charge in [-0.05, 0) is 38.5 Å². The highest BCUT2D eigenvalue weighted by molar-refractivity contribution is 14.0. The van der Waals surface area contributed by atoms with Crippen LogP contribution in [-0.2, 0) is 13.1 Å². The van der Waals surface area contributed by atoms with Crippen LogP contribution in [-0.4, -0.2) is 31.7 Å². The summed E-state index contributed by atoms with van der Waals surface area (Å²) in [4.78, 5) is 8.55. The number of hydrogen-bond donors (Lipinski definition) is 2. The number of halogens is 1. The molecule has 0 saturated heterocycles. The Labute approximate surface area is 171 Å². The van der Waals surface area contributed by atoms with E-state index in [0.29, 0.717) is 31.5 Å². The van der Waals surface area contributed by atoms with E-state index in [1.807, 2.05) is 39.0 Å². The standard InChI is InChI=1S/C18H26N4O3.HI/c1-6-24-15-8-7-14(9-16(15)23-5)10-20-18(19-4)21-11-17-22-12(2)13(3)25-17;/h7-9H,6,10-11H2,1-5H3,(H2,19,20,21);1H. The van der Waals surface area contributed by atoms with Crippen molar-refractivity contribution in [3.63, 3.8) is 0 Å². The molecule has 8 heteroatoms. The highest BCUT2D eigenvalue weighted by atomic mass is 127. The first-order chi connectivity index (χ1) is 12.1. The summed E-state index contributed by atoms with van der Waals surface area (Å²) in [7, 11) is 3.36. The molecule has 0 atom stereocenters. The van der Waals surface area contributed by atoms with Crippen molar-refractivity contribution < 1.29 is 13.9 Å². The molecule has 0 spiro atoms. The maximum Gasteiger partial charge on any atom is 0.214 e. The van der Waals surface area contributed by atoms with Crippen molar-refractivity contribution >= 4 is 29.9 Å². The second kappa shape index (κ2) is 10.9. The smallest absolute Gasteiger partial charge is 0.214 e. The van der Waals surface area contributed by atoms with E-state index in [4.69, 9.17) is 13.9 Å². The fourth-order valence-electron chi connectivity index (χ4n) is 2.28. The van der Waals surface area contributed by atoms with Crippen LogP contribution in [0.25, 0.3) is 0 Å². The summed E-state index contributed by atoms with van der Waals surface area (Å²) in [5, 5.41) is 6.44. The molecule has 1 aromatic carbocycles. The van der Waals surface area contributed by atoms with Crippen LogP contribution < -0.4 is 20.1 Å². The van der Waals surface area contributed by atoms with Crippen LogP contribution in [0, 0.1) is 13.8 Å². The molecule has 1 aromatic heterocycles. The molecule has 0 fully saturated rings. The maximum atomic E-state index is 5.55. The van der Waals surface area contributed by atoms with Gasteiger partial charge in [-0.25, -0.2) is 4.98 Å². The number of ether oxygens (including phenoxy) is 2. The molecule has 7 nitrogen and oxygen atoms in total. The lowest BCUT2D eigenvalue weighted by molar-refractivity contribution is 0.310. The molecule has 0 aliphatic carbocycles. The molecule has 0 saturated carbocycles. The van der Waals surface area contributed by atoms with Crippen molar-refractivity contribution in [2.45, 2.75) is 33.9 Å². The zero-order chi connectivity index (χ0) is 18.2. The summed E-state index contributed by atoms with van der Waals surface area (Å²) in [5.41, 5.74) is 1.97. The first-order valence-corrected chi connectivity index (χ1v) is 8.24. The average Bonchev–Trinajstić information content (AvgIpc) is 2.94. The summed E-state index contributed by atoms with van der Waals surface area (Å²) in [5.74, 6) is 3.60. The van der Waals surface area contributed by atoms with E-state index in [-0.39, 0.29) is 24.0 Å². The van der Waals surface area contributed by atoms with Crippen molar-refractivity contribution in [1.29, 1.82) is 0 Å². The number of oxazole rings is 1. The van der Waals surface area contributed by atoms with Crippen LogP contribution in [0.4, 0.5) is 0 Å². The monoisotopic (exact) mass is 474 g/mol. The van der Waals surface area contributed by atoms with E-state index in [0.717, 1.165) is 28.5 Å². The lowest BCUT2D eigenvalue weighted by Crippen LogP contribution is -2.36. The van der Waals surface area contributed by atoms with Gasteiger partial charge in [-0.2, -0.15) is 0 Å². The summed E-state index contributed by atoms with van der Waals surface area (Å²) in [6, 6.07) is 5.86. The number of aromatic nitrogens is 1. The SMILES string of the molecule is CCOc1ccc(CNC(=NC)NCc2nc(C)c(C)o2)cc1OC.I. The van der Waals surface area contributed by atoms with Crippen LogP contribution in [0.2, 0.25) is 0 Å². The Balaban J connectivity index is 0.00000338. The predicted octanol–water partition coefficient (Wildman–Crippen LogP) is 3.18. The Morgan fingerprint density at radius 1 is 1.19 bits per heavy atom. The fourth-order valence-corrected chi connectivity index (χ4v) is 2.28. The van der Waals surface area contributed by atoms with Crippen LogP contribution in [0.3, 0.4) is 0 Å². The van der Waals surface area contributed by atoms with Gasteiger partial charge in [0, 0.05) is 13.6 Å². The van der Waals surface area contributed by atoms with Gasteiger partial charge in [-0.3, -0.25) is 4.99 Å². The third kappa shape index (κ3) is 6.08. The summed E-state index contributed by atoms with van der Waals surface area (Å²) in [6.07, 6.45) is 0. The molecular weight excluding hydrogens is 447 g/mol. The van der Waals surface area contributed by atoms with Gasteiger partial charge in [0.2, 0.25) is 5.89 Å². The number of nitrogens with zero attached hydrogens (tertiary/aromatic N) is 2. The molecule has 26 heavy (non-hydrogen) atoms. The minimum Gasteiger partial charge on any atom is -0.493 e. The van der Waals surface area contributed by atoms with E-state index in [9.17, 15) is 0 Å². The number of nitrogens with one attached hydrogen (secondary N) is 2. The number of aliphatic imine (C=N–C) groups is 1. The molecule has 0 aliphatic rings. The molecule has 1 heterocycles. The maximum absolute atomic E-state index is 5.55. The molecule has 0 aliphatic heterocycles. The lowest BCUT2D eigenvalue weighted by atomic mass is 10.2. The van der Waals surface area contributed by atoms with Gasteiger partial charge in [0.25, 0.3) is 0 Å². The summed E-state index contributed by atoms with van der Waals surface area (Å²) in [6.45, 7) is 7.45. The van der Waals surface area contributed by atoms with Crippen molar-refractivity contribution in [3.8, 4) is 11.5 Å². The highest BCUT2D eigenvalue weighted by Crippen LogP contribution is 2.27. The Morgan fingerprint density at radius 3 is 2.50 bits per heavy atom. The minimum atomic E-state index is 0. The van der Waals surface area contributed by atoms with Gasteiger partial charge in [-0.1, -0.05) is 6.07 Å². The predicted molar refractivity (Wildman–Crippen MR) is 113 cm³/mol. The molecular formula is C18H27IN4O3. The number of rotatable bonds is 7. The Kier molecular flexibility index (Phi) is 9.25. The van der Waals surface area contributed by atoms with E-state index >= 15 is 0 Å². The number of hydrogen-bond acceptors (Lipinski definition) is 5. The second-order valence-corrected chi connectivity index (χ2v) is 5.45. The Hall–Kier alpha value is -1.97. The van der Waals surface area contributed by atoms with Crippen LogP contribution in [0.5, 0.6) is 11.5 Å². The molecule has 2 N–H and O–H groups in total. The van der Waals surface area contributed by atoms with E-state index < -0.39 is 0 Å². The summed E-state index contributed by atoms with van der Waals surface area (Å²) >= 11 is 0. The molecule has 2 rings (SSSR count). The number of methoxy groups -OCH3 is 1. The number of benzene rings is 1. The Morgan fingerprint density at radius 2 is 1.92 bits per heavy atom. The van der Waals surface area contributed by atoms with Gasteiger partial charge in [0.1, 0.15) is 5.76 Å². The molecule has 144 valence electrons. The molecule has 0 radical (unpaired) electrons. The zero-order valence-electron chi connectivity index (χ0n) is 15.9. The van der Waals surface area contributed by atoms with Crippen molar-refractivity contribution in [2.24, 2.45) is 4.99 Å². The highest BCUT2D eigenvalue weighted by Gasteiger charge is 2.08. The van der Waals surface area contributed by atoms with Gasteiger partial charge < -0.3 is 24.5 Å². The van der Waals surface area contributed by atoms with Gasteiger partial charge >= 0.3 is 0 Å². The van der Waals surface area contributed by atoms with E-state index in [1.165, 1.54) is 0 Å².